The number of rotatable bonds is 13. The first-order valence-corrected chi connectivity index (χ1v) is 17.1. The van der Waals surface area contributed by atoms with Gasteiger partial charge in [0.25, 0.3) is 0 Å². The van der Waals surface area contributed by atoms with Crippen molar-refractivity contribution >= 4 is 22.7 Å². The highest BCUT2D eigenvalue weighted by atomic mass is 16.6. The maximum atomic E-state index is 12.7. The molecule has 5 aromatic rings. The molecule has 1 aliphatic rings. The van der Waals surface area contributed by atoms with E-state index in [9.17, 15) is 19.8 Å². The molecule has 1 aromatic heterocycles. The molecule has 49 heavy (non-hydrogen) atoms. The maximum absolute atomic E-state index is 12.7. The summed E-state index contributed by atoms with van der Waals surface area (Å²) in [6.07, 6.45) is 3.33. The molecule has 9 nitrogen and oxygen atoms in total. The summed E-state index contributed by atoms with van der Waals surface area (Å²) in [7, 11) is 0. The number of phenolic OH excluding ortho intramolecular Hbond substituents is 1. The molecule has 1 atom stereocenters. The maximum Gasteiger partial charge on any atom is 0.411 e. The molecule has 5 N–H and O–H groups in total. The van der Waals surface area contributed by atoms with Crippen molar-refractivity contribution in [3.05, 3.63) is 130 Å². The van der Waals surface area contributed by atoms with Crippen molar-refractivity contribution in [2.24, 2.45) is 0 Å². The fourth-order valence-electron chi connectivity index (χ4n) is 6.51. The molecule has 0 bridgehead atoms. The van der Waals surface area contributed by atoms with E-state index in [2.05, 4.69) is 44.8 Å². The molecule has 1 saturated heterocycles. The summed E-state index contributed by atoms with van der Waals surface area (Å²) in [5.74, 6) is -0.0181. The van der Waals surface area contributed by atoms with E-state index in [1.807, 2.05) is 54.6 Å². The Hall–Kier alpha value is -4.96. The lowest BCUT2D eigenvalue weighted by molar-refractivity contribution is 0.0587. The first-order valence-electron chi connectivity index (χ1n) is 17.1. The standard InChI is InChI=1S/C40H44N4O5/c45-36-18-16-33(34-17-19-38(47)43-39(34)36)37(46)27-41-23-20-29-14-12-28(13-15-29)7-6-24-44-25-21-31(22-26-44)49-40(48)42-35-11-5-4-10-32(35)30-8-2-1-3-9-30/h1-5,8-19,31,37,41,45-46H,6-7,20-27H2,(H,42,48)(H,43,47). The molecule has 0 spiro atoms. The number of likely N-dealkylation sites (tertiary alicyclic amines) is 1. The number of aromatic nitrogens is 1. The minimum absolute atomic E-state index is 0.0181. The molecule has 1 unspecified atom stereocenters. The van der Waals surface area contributed by atoms with E-state index < -0.39 is 12.2 Å². The molecule has 4 aromatic carbocycles. The molecule has 254 valence electrons. The molecular weight excluding hydrogens is 616 g/mol. The molecule has 1 aliphatic heterocycles. The number of carbonyl (C=O) groups excluding carboxylic acids is 1. The van der Waals surface area contributed by atoms with E-state index in [1.165, 1.54) is 23.3 Å². The van der Waals surface area contributed by atoms with Gasteiger partial charge in [0.1, 0.15) is 11.9 Å². The number of anilines is 1. The summed E-state index contributed by atoms with van der Waals surface area (Å²) >= 11 is 0. The Morgan fingerprint density at radius 2 is 1.59 bits per heavy atom. The number of hydrogen-bond acceptors (Lipinski definition) is 7. The highest BCUT2D eigenvalue weighted by molar-refractivity contribution is 5.91. The Bertz CT molecular complexity index is 1890. The van der Waals surface area contributed by atoms with E-state index in [0.717, 1.165) is 68.6 Å². The number of aryl methyl sites for hydroxylation is 1. The number of aliphatic hydroxyl groups is 1. The zero-order valence-electron chi connectivity index (χ0n) is 27.6. The minimum Gasteiger partial charge on any atom is -0.506 e. The van der Waals surface area contributed by atoms with Crippen LogP contribution in [0, 0.1) is 0 Å². The second kappa shape index (κ2) is 16.4. The average molecular weight is 661 g/mol. The topological polar surface area (TPSA) is 127 Å². The second-order valence-electron chi connectivity index (χ2n) is 12.7. The van der Waals surface area contributed by atoms with Crippen molar-refractivity contribution in [2.45, 2.75) is 44.3 Å². The average Bonchev–Trinajstić information content (AvgIpc) is 3.12. The molecule has 1 amide bonds. The van der Waals surface area contributed by atoms with Crippen molar-refractivity contribution in [1.82, 2.24) is 15.2 Å². The van der Waals surface area contributed by atoms with Gasteiger partial charge in [-0.2, -0.15) is 0 Å². The van der Waals surface area contributed by atoms with Gasteiger partial charge in [-0.1, -0.05) is 78.9 Å². The summed E-state index contributed by atoms with van der Waals surface area (Å²) in [6, 6.07) is 32.7. The van der Waals surface area contributed by atoms with Crippen LogP contribution in [0.15, 0.2) is 108 Å². The Morgan fingerprint density at radius 3 is 2.37 bits per heavy atom. The lowest BCUT2D eigenvalue weighted by Crippen LogP contribution is -2.39. The zero-order chi connectivity index (χ0) is 34.0. The number of carbonyl (C=O) groups is 1. The number of aromatic amines is 1. The van der Waals surface area contributed by atoms with Gasteiger partial charge in [-0.05, 0) is 85.6 Å². The predicted molar refractivity (Wildman–Crippen MR) is 194 cm³/mol. The fraction of sp³-hybridized carbons (Fsp3) is 0.300. The van der Waals surface area contributed by atoms with Gasteiger partial charge < -0.3 is 30.2 Å². The smallest absolute Gasteiger partial charge is 0.411 e. The first-order chi connectivity index (χ1) is 23.9. The quantitative estimate of drug-likeness (QED) is 0.0924. The van der Waals surface area contributed by atoms with E-state index >= 15 is 0 Å². The lowest BCUT2D eigenvalue weighted by Gasteiger charge is -2.31. The summed E-state index contributed by atoms with van der Waals surface area (Å²) in [6.45, 7) is 3.93. The monoisotopic (exact) mass is 660 g/mol. The van der Waals surface area contributed by atoms with Crippen molar-refractivity contribution in [3.8, 4) is 16.9 Å². The molecule has 0 aliphatic carbocycles. The van der Waals surface area contributed by atoms with Crippen LogP contribution in [0.5, 0.6) is 5.75 Å². The highest BCUT2D eigenvalue weighted by Gasteiger charge is 2.22. The largest absolute Gasteiger partial charge is 0.506 e. The number of ether oxygens (including phenoxy) is 1. The Kier molecular flexibility index (Phi) is 11.4. The summed E-state index contributed by atoms with van der Waals surface area (Å²) < 4.78 is 5.80. The minimum atomic E-state index is -0.775. The van der Waals surface area contributed by atoms with Gasteiger partial charge in [0.15, 0.2) is 0 Å². The number of nitrogens with one attached hydrogen (secondary N) is 3. The van der Waals surface area contributed by atoms with E-state index in [-0.39, 0.29) is 17.4 Å². The summed E-state index contributed by atoms with van der Waals surface area (Å²) in [4.78, 5) is 29.5. The molecule has 0 saturated carbocycles. The predicted octanol–water partition coefficient (Wildman–Crippen LogP) is 6.41. The van der Waals surface area contributed by atoms with Crippen LogP contribution in [0.3, 0.4) is 0 Å². The lowest BCUT2D eigenvalue weighted by atomic mass is 10.0. The number of pyridine rings is 1. The summed E-state index contributed by atoms with van der Waals surface area (Å²) in [5, 5.41) is 27.7. The number of fused-ring (bicyclic) bond motifs is 1. The van der Waals surface area contributed by atoms with Crippen LogP contribution in [-0.2, 0) is 17.6 Å². The Morgan fingerprint density at radius 1 is 0.878 bits per heavy atom. The normalized spacial score (nSPS) is 14.5. The van der Waals surface area contributed by atoms with Crippen LogP contribution in [0.2, 0.25) is 0 Å². The van der Waals surface area contributed by atoms with Crippen LogP contribution in [0.25, 0.3) is 22.0 Å². The number of para-hydroxylation sites is 1. The van der Waals surface area contributed by atoms with Gasteiger partial charge in [-0.25, -0.2) is 4.79 Å². The van der Waals surface area contributed by atoms with Crippen molar-refractivity contribution in [2.75, 3.05) is 38.0 Å². The van der Waals surface area contributed by atoms with Crippen LogP contribution in [0.4, 0.5) is 10.5 Å². The molecule has 9 heteroatoms. The summed E-state index contributed by atoms with van der Waals surface area (Å²) in [5.41, 5.74) is 6.00. The number of nitrogens with zero attached hydrogens (tertiary/aromatic N) is 1. The molecule has 1 fully saturated rings. The van der Waals surface area contributed by atoms with E-state index in [4.69, 9.17) is 4.74 Å². The number of H-pyrrole nitrogens is 1. The van der Waals surface area contributed by atoms with Gasteiger partial charge in [0.05, 0.1) is 17.3 Å². The Labute approximate surface area is 286 Å². The van der Waals surface area contributed by atoms with Crippen LogP contribution in [-0.4, -0.2) is 65.0 Å². The third-order valence-corrected chi connectivity index (χ3v) is 9.21. The van der Waals surface area contributed by atoms with Gasteiger partial charge in [-0.15, -0.1) is 0 Å². The third-order valence-electron chi connectivity index (χ3n) is 9.21. The van der Waals surface area contributed by atoms with Gasteiger partial charge >= 0.3 is 6.09 Å². The SMILES string of the molecule is O=C(Nc1ccccc1-c1ccccc1)OC1CCN(CCCc2ccc(CCNCC(O)c3ccc(O)c4[nH]c(=O)ccc34)cc2)CC1. The number of amides is 1. The van der Waals surface area contributed by atoms with Crippen LogP contribution in [0.1, 0.15) is 42.1 Å². The highest BCUT2D eigenvalue weighted by Crippen LogP contribution is 2.29. The fourth-order valence-corrected chi connectivity index (χ4v) is 6.51. The van der Waals surface area contributed by atoms with Crippen LogP contribution < -0.4 is 16.2 Å². The Balaban J connectivity index is 0.866. The number of phenols is 1. The van der Waals surface area contributed by atoms with Crippen molar-refractivity contribution in [1.29, 1.82) is 0 Å². The number of aromatic hydroxyl groups is 1. The molecule has 6 rings (SSSR count). The second-order valence-corrected chi connectivity index (χ2v) is 12.7. The van der Waals surface area contributed by atoms with Crippen LogP contribution >= 0.6 is 0 Å². The van der Waals surface area contributed by atoms with Gasteiger partial charge in [-0.3, -0.25) is 10.1 Å². The third kappa shape index (κ3) is 9.14. The van der Waals surface area contributed by atoms with Gasteiger partial charge in [0.2, 0.25) is 5.56 Å². The van der Waals surface area contributed by atoms with E-state index in [0.29, 0.717) is 29.6 Å². The molecule has 2 heterocycles. The molecule has 0 radical (unpaired) electrons. The number of hydrogen-bond donors (Lipinski definition) is 5. The first kappa shape index (κ1) is 33.9. The van der Waals surface area contributed by atoms with Crippen molar-refractivity contribution in [3.63, 3.8) is 0 Å². The van der Waals surface area contributed by atoms with Crippen molar-refractivity contribution < 1.29 is 19.7 Å². The van der Waals surface area contributed by atoms with Gasteiger partial charge in [0, 0.05) is 36.7 Å². The number of aliphatic hydroxyl groups excluding tert-OH is 1. The number of benzene rings is 4. The van der Waals surface area contributed by atoms with E-state index in [1.54, 1.807) is 12.1 Å². The molecular formula is C40H44N4O5. The number of piperidine rings is 1. The zero-order valence-corrected chi connectivity index (χ0v) is 27.6.